The van der Waals surface area contributed by atoms with Crippen LogP contribution in [-0.4, -0.2) is 4.92 Å². The number of benzene rings is 2. The molecule has 3 rings (SSSR count). The van der Waals surface area contributed by atoms with Crippen LogP contribution in [0.15, 0.2) is 46.7 Å². The summed E-state index contributed by atoms with van der Waals surface area (Å²) in [6.45, 7) is 2.06. The lowest BCUT2D eigenvalue weighted by Crippen LogP contribution is -1.89. The first-order chi connectivity index (χ1) is 10.5. The van der Waals surface area contributed by atoms with Crippen molar-refractivity contribution in [2.75, 3.05) is 4.72 Å². The molecule has 0 radical (unpaired) electrons. The van der Waals surface area contributed by atoms with E-state index in [0.717, 1.165) is 20.3 Å². The summed E-state index contributed by atoms with van der Waals surface area (Å²) in [6, 6.07) is 12.2. The maximum absolute atomic E-state index is 10.6. The van der Waals surface area contributed by atoms with Crippen LogP contribution in [0.3, 0.4) is 0 Å². The lowest BCUT2D eigenvalue weighted by molar-refractivity contribution is -0.384. The Morgan fingerprint density at radius 2 is 1.95 bits per heavy atom. The number of nitrogens with one attached hydrogen (secondary N) is 1. The van der Waals surface area contributed by atoms with Gasteiger partial charge in [-0.1, -0.05) is 11.6 Å². The fraction of sp³-hybridized carbons (Fsp3) is 0.0667. The zero-order chi connectivity index (χ0) is 15.7. The van der Waals surface area contributed by atoms with E-state index in [2.05, 4.69) is 11.6 Å². The van der Waals surface area contributed by atoms with E-state index in [0.29, 0.717) is 0 Å². The van der Waals surface area contributed by atoms with Crippen LogP contribution in [0.4, 0.5) is 11.4 Å². The molecule has 3 aromatic rings. The van der Waals surface area contributed by atoms with E-state index < -0.39 is 4.92 Å². The van der Waals surface area contributed by atoms with Crippen molar-refractivity contribution in [3.8, 4) is 0 Å². The monoisotopic (exact) mass is 350 g/mol. The summed E-state index contributed by atoms with van der Waals surface area (Å²) in [4.78, 5) is 10.2. The second-order valence-electron chi connectivity index (χ2n) is 4.66. The fourth-order valence-corrected chi connectivity index (χ4v) is 4.29. The van der Waals surface area contributed by atoms with E-state index in [1.54, 1.807) is 23.5 Å². The molecule has 0 fully saturated rings. The Bertz CT molecular complexity index is 847. The molecule has 1 heterocycles. The van der Waals surface area contributed by atoms with Crippen LogP contribution in [0, 0.1) is 17.0 Å². The molecule has 0 saturated heterocycles. The molecule has 0 aliphatic carbocycles. The molecule has 7 heteroatoms. The summed E-state index contributed by atoms with van der Waals surface area (Å²) in [7, 11) is 0. The van der Waals surface area contributed by atoms with E-state index in [1.165, 1.54) is 34.3 Å². The zero-order valence-electron chi connectivity index (χ0n) is 11.5. The lowest BCUT2D eigenvalue weighted by atomic mass is 10.2. The third kappa shape index (κ3) is 3.04. The number of thiophene rings is 1. The molecule has 2 aromatic carbocycles. The minimum Gasteiger partial charge on any atom is -0.325 e. The van der Waals surface area contributed by atoms with Crippen LogP contribution in [0.1, 0.15) is 5.56 Å². The molecule has 0 saturated carbocycles. The number of rotatable bonds is 4. The Kier molecular flexibility index (Phi) is 4.24. The van der Waals surface area contributed by atoms with Gasteiger partial charge >= 0.3 is 0 Å². The van der Waals surface area contributed by atoms with Crippen LogP contribution in [0.2, 0.25) is 5.02 Å². The van der Waals surface area contributed by atoms with Crippen molar-refractivity contribution < 1.29 is 4.92 Å². The molecule has 0 spiro atoms. The summed E-state index contributed by atoms with van der Waals surface area (Å²) in [5.41, 5.74) is 2.09. The van der Waals surface area contributed by atoms with Crippen molar-refractivity contribution in [3.05, 3.63) is 63.2 Å². The van der Waals surface area contributed by atoms with Gasteiger partial charge < -0.3 is 4.72 Å². The van der Waals surface area contributed by atoms with Gasteiger partial charge in [0.1, 0.15) is 0 Å². The molecule has 22 heavy (non-hydrogen) atoms. The Labute approximate surface area is 140 Å². The van der Waals surface area contributed by atoms with Gasteiger partial charge in [-0.2, -0.15) is 0 Å². The number of nitro benzene ring substituents is 1. The maximum atomic E-state index is 10.6. The average molecular weight is 351 g/mol. The van der Waals surface area contributed by atoms with Gasteiger partial charge in [-0.15, -0.1) is 11.3 Å². The Morgan fingerprint density at radius 1 is 1.23 bits per heavy atom. The van der Waals surface area contributed by atoms with Crippen molar-refractivity contribution >= 4 is 56.3 Å². The highest BCUT2D eigenvalue weighted by Crippen LogP contribution is 2.38. The van der Waals surface area contributed by atoms with Gasteiger partial charge in [0, 0.05) is 27.5 Å². The van der Waals surface area contributed by atoms with Crippen molar-refractivity contribution in [2.45, 2.75) is 11.1 Å². The largest absolute Gasteiger partial charge is 0.325 e. The highest BCUT2D eigenvalue weighted by Gasteiger charge is 2.10. The third-order valence-corrected chi connectivity index (χ3v) is 5.83. The van der Waals surface area contributed by atoms with Gasteiger partial charge in [0.2, 0.25) is 0 Å². The molecule has 112 valence electrons. The minimum absolute atomic E-state index is 0.0863. The van der Waals surface area contributed by atoms with E-state index in [1.807, 2.05) is 18.2 Å². The summed E-state index contributed by atoms with van der Waals surface area (Å²) in [5.74, 6) is 0. The molecular weight excluding hydrogens is 340 g/mol. The number of anilines is 1. The number of nitrogens with zero attached hydrogens (tertiary/aromatic N) is 1. The van der Waals surface area contributed by atoms with Gasteiger partial charge in [-0.25, -0.2) is 0 Å². The Morgan fingerprint density at radius 3 is 2.64 bits per heavy atom. The topological polar surface area (TPSA) is 55.2 Å². The Hall–Kier alpha value is -1.76. The van der Waals surface area contributed by atoms with Gasteiger partial charge in [0.15, 0.2) is 0 Å². The van der Waals surface area contributed by atoms with Crippen LogP contribution < -0.4 is 4.72 Å². The van der Waals surface area contributed by atoms with Crippen molar-refractivity contribution in [3.63, 3.8) is 0 Å². The number of non-ortho nitro benzene ring substituents is 1. The van der Waals surface area contributed by atoms with Crippen LogP contribution in [0.5, 0.6) is 0 Å². The average Bonchev–Trinajstić information content (AvgIpc) is 2.82. The van der Waals surface area contributed by atoms with Crippen molar-refractivity contribution in [1.29, 1.82) is 0 Å². The first kappa shape index (κ1) is 15.1. The molecule has 1 aromatic heterocycles. The Balaban J connectivity index is 1.79. The summed E-state index contributed by atoms with van der Waals surface area (Å²) < 4.78 is 5.55. The second-order valence-corrected chi connectivity index (χ2v) is 7.23. The smallest absolute Gasteiger partial charge is 0.269 e. The van der Waals surface area contributed by atoms with Crippen molar-refractivity contribution in [1.82, 2.24) is 0 Å². The summed E-state index contributed by atoms with van der Waals surface area (Å²) in [5, 5.41) is 12.5. The first-order valence-corrected chi connectivity index (χ1v) is 8.41. The predicted octanol–water partition coefficient (Wildman–Crippen LogP) is 5.89. The first-order valence-electron chi connectivity index (χ1n) is 6.40. The molecule has 4 nitrogen and oxygen atoms in total. The van der Waals surface area contributed by atoms with Crippen molar-refractivity contribution in [2.24, 2.45) is 0 Å². The lowest BCUT2D eigenvalue weighted by Gasteiger charge is -2.04. The molecule has 0 unspecified atom stereocenters. The normalized spacial score (nSPS) is 10.8. The van der Waals surface area contributed by atoms with Gasteiger partial charge in [0.05, 0.1) is 9.13 Å². The standard InChI is InChI=1S/C15H11ClN2O2S2/c1-9-13-8-10(16)2-7-14(13)21-15(9)22-17-11-3-5-12(6-4-11)18(19)20/h2-8,17H,1H3. The second kappa shape index (κ2) is 6.16. The molecule has 0 aliphatic rings. The van der Waals surface area contributed by atoms with Crippen LogP contribution >= 0.6 is 34.9 Å². The van der Waals surface area contributed by atoms with E-state index >= 15 is 0 Å². The molecule has 0 atom stereocenters. The van der Waals surface area contributed by atoms with E-state index in [-0.39, 0.29) is 5.69 Å². The predicted molar refractivity (Wildman–Crippen MR) is 94.1 cm³/mol. The molecule has 1 N–H and O–H groups in total. The molecular formula is C15H11ClN2O2S2. The third-order valence-electron chi connectivity index (χ3n) is 3.19. The number of nitro groups is 1. The maximum Gasteiger partial charge on any atom is 0.269 e. The van der Waals surface area contributed by atoms with Gasteiger partial charge in [0.25, 0.3) is 5.69 Å². The highest BCUT2D eigenvalue weighted by atomic mass is 35.5. The number of halogens is 1. The molecule has 0 amide bonds. The molecule has 0 bridgehead atoms. The number of fused-ring (bicyclic) bond motifs is 1. The summed E-state index contributed by atoms with van der Waals surface area (Å²) in [6.07, 6.45) is 0. The summed E-state index contributed by atoms with van der Waals surface area (Å²) >= 11 is 9.24. The van der Waals surface area contributed by atoms with E-state index in [4.69, 9.17) is 11.6 Å². The fourth-order valence-electron chi connectivity index (χ4n) is 2.02. The van der Waals surface area contributed by atoms with Crippen LogP contribution in [0.25, 0.3) is 10.1 Å². The van der Waals surface area contributed by atoms with Crippen LogP contribution in [-0.2, 0) is 0 Å². The quantitative estimate of drug-likeness (QED) is 0.362. The van der Waals surface area contributed by atoms with E-state index in [9.17, 15) is 10.1 Å². The number of hydrogen-bond acceptors (Lipinski definition) is 5. The highest BCUT2D eigenvalue weighted by molar-refractivity contribution is 8.02. The number of hydrogen-bond donors (Lipinski definition) is 1. The molecule has 0 aliphatic heterocycles. The minimum atomic E-state index is -0.406. The van der Waals surface area contributed by atoms with Gasteiger partial charge in [-0.3, -0.25) is 10.1 Å². The zero-order valence-corrected chi connectivity index (χ0v) is 13.9. The number of aryl methyl sites for hydroxylation is 1. The SMILES string of the molecule is Cc1c(SNc2ccc([N+](=O)[O-])cc2)sc2ccc(Cl)cc12. The van der Waals surface area contributed by atoms with Gasteiger partial charge in [-0.05, 0) is 60.2 Å².